The quantitative estimate of drug-likeness (QED) is 0.288. The number of hydrogen-bond acceptors (Lipinski definition) is 2. The predicted molar refractivity (Wildman–Crippen MR) is 107 cm³/mol. The van der Waals surface area contributed by atoms with Crippen LogP contribution in [-0.2, 0) is 0 Å². The Morgan fingerprint density at radius 1 is 0.840 bits per heavy atom. The van der Waals surface area contributed by atoms with Gasteiger partial charge < -0.3 is 5.32 Å². The van der Waals surface area contributed by atoms with Crippen LogP contribution in [0.3, 0.4) is 0 Å². The smallest absolute Gasteiger partial charge is 0.164 e. The van der Waals surface area contributed by atoms with Crippen LogP contribution in [-0.4, -0.2) is 18.9 Å². The van der Waals surface area contributed by atoms with E-state index in [4.69, 9.17) is 0 Å². The fourth-order valence-corrected chi connectivity index (χ4v) is 2.84. The first kappa shape index (κ1) is 24.1. The van der Waals surface area contributed by atoms with E-state index in [9.17, 15) is 9.18 Å². The number of carbonyl (C=O) groups excluding carboxylic acids is 1. The number of unbranched alkanes of at least 4 members (excludes halogenated alkanes) is 9. The van der Waals surface area contributed by atoms with Crippen molar-refractivity contribution in [1.29, 1.82) is 0 Å². The maximum absolute atomic E-state index is 12.8. The summed E-state index contributed by atoms with van der Waals surface area (Å²) in [5, 5.41) is 3.33. The molecule has 0 spiro atoms. The summed E-state index contributed by atoms with van der Waals surface area (Å²) in [6.45, 7) is 3.94. The maximum atomic E-state index is 12.8. The van der Waals surface area contributed by atoms with E-state index >= 15 is 0 Å². The molecule has 1 aromatic carbocycles. The molecule has 0 saturated heterocycles. The summed E-state index contributed by atoms with van der Waals surface area (Å²) in [5.74, 6) is -0.226. The van der Waals surface area contributed by atoms with Gasteiger partial charge in [-0.25, -0.2) is 4.39 Å². The molecular weight excluding hydrogens is 337 g/mol. The highest BCUT2D eigenvalue weighted by molar-refractivity contribution is 5.96. The first-order chi connectivity index (χ1) is 11.7. The molecule has 144 valence electrons. The fraction of sp³-hybridized carbons (Fsp3) is 0.667. The number of benzene rings is 1. The lowest BCUT2D eigenvalue weighted by atomic mass is 10.1. The second-order valence-corrected chi connectivity index (χ2v) is 6.61. The summed E-state index contributed by atoms with van der Waals surface area (Å²) >= 11 is 0. The molecule has 1 N–H and O–H groups in total. The second kappa shape index (κ2) is 16.5. The Morgan fingerprint density at radius 3 is 1.92 bits per heavy atom. The summed E-state index contributed by atoms with van der Waals surface area (Å²) in [6.07, 6.45) is 13.9. The van der Waals surface area contributed by atoms with Crippen molar-refractivity contribution in [3.05, 3.63) is 35.6 Å². The average Bonchev–Trinajstić information content (AvgIpc) is 2.59. The van der Waals surface area contributed by atoms with Gasteiger partial charge in [-0.05, 0) is 37.2 Å². The summed E-state index contributed by atoms with van der Waals surface area (Å²) in [6, 6.07) is 5.79. The lowest BCUT2D eigenvalue weighted by Gasteiger charge is -2.05. The number of nitrogens with one attached hydrogen (secondary N) is 1. The van der Waals surface area contributed by atoms with Crippen molar-refractivity contribution in [1.82, 2.24) is 5.32 Å². The Hall–Kier alpha value is -0.930. The van der Waals surface area contributed by atoms with Crippen LogP contribution in [0.1, 0.15) is 87.9 Å². The SMILES string of the molecule is CCCCCCCCCCCCNCCC(=O)c1ccc(F)cc1.Cl. The van der Waals surface area contributed by atoms with Crippen molar-refractivity contribution in [2.45, 2.75) is 77.6 Å². The van der Waals surface area contributed by atoms with Gasteiger partial charge in [0.1, 0.15) is 5.82 Å². The second-order valence-electron chi connectivity index (χ2n) is 6.61. The van der Waals surface area contributed by atoms with Crippen LogP contribution in [0.2, 0.25) is 0 Å². The van der Waals surface area contributed by atoms with Crippen molar-refractivity contribution in [2.75, 3.05) is 13.1 Å². The zero-order valence-electron chi connectivity index (χ0n) is 15.7. The minimum absolute atomic E-state index is 0. The highest BCUT2D eigenvalue weighted by Gasteiger charge is 2.05. The van der Waals surface area contributed by atoms with Crippen molar-refractivity contribution in [2.24, 2.45) is 0 Å². The number of carbonyl (C=O) groups is 1. The van der Waals surface area contributed by atoms with E-state index in [1.54, 1.807) is 12.1 Å². The normalized spacial score (nSPS) is 10.5. The summed E-state index contributed by atoms with van der Waals surface area (Å²) in [5.41, 5.74) is 0.595. The first-order valence-corrected chi connectivity index (χ1v) is 9.73. The van der Waals surface area contributed by atoms with E-state index in [-0.39, 0.29) is 24.0 Å². The fourth-order valence-electron chi connectivity index (χ4n) is 2.84. The molecule has 0 radical (unpaired) electrons. The van der Waals surface area contributed by atoms with Gasteiger partial charge in [-0.1, -0.05) is 64.7 Å². The highest BCUT2D eigenvalue weighted by Crippen LogP contribution is 2.10. The van der Waals surface area contributed by atoms with Gasteiger partial charge in [-0.3, -0.25) is 4.79 Å². The number of Topliss-reactive ketones (excluding diaryl/α,β-unsaturated/α-hetero) is 1. The average molecular weight is 372 g/mol. The van der Waals surface area contributed by atoms with Crippen molar-refractivity contribution < 1.29 is 9.18 Å². The number of ketones is 1. The minimum atomic E-state index is -0.300. The molecule has 2 nitrogen and oxygen atoms in total. The third kappa shape index (κ3) is 13.0. The largest absolute Gasteiger partial charge is 0.316 e. The molecular formula is C21H35ClFNO. The van der Waals surface area contributed by atoms with Crippen LogP contribution in [0, 0.1) is 5.82 Å². The molecule has 0 aliphatic heterocycles. The van der Waals surface area contributed by atoms with E-state index < -0.39 is 0 Å². The molecule has 0 unspecified atom stereocenters. The molecule has 0 heterocycles. The molecule has 25 heavy (non-hydrogen) atoms. The topological polar surface area (TPSA) is 29.1 Å². The summed E-state index contributed by atoms with van der Waals surface area (Å²) < 4.78 is 12.8. The maximum Gasteiger partial charge on any atom is 0.164 e. The molecule has 0 bridgehead atoms. The van der Waals surface area contributed by atoms with Crippen LogP contribution in [0.5, 0.6) is 0 Å². The van der Waals surface area contributed by atoms with Gasteiger partial charge >= 0.3 is 0 Å². The lowest BCUT2D eigenvalue weighted by molar-refractivity contribution is 0.0982. The lowest BCUT2D eigenvalue weighted by Crippen LogP contribution is -2.19. The van der Waals surface area contributed by atoms with Crippen molar-refractivity contribution in [3.8, 4) is 0 Å². The van der Waals surface area contributed by atoms with Gasteiger partial charge in [-0.15, -0.1) is 12.4 Å². The van der Waals surface area contributed by atoms with Crippen LogP contribution in [0.15, 0.2) is 24.3 Å². The molecule has 4 heteroatoms. The highest BCUT2D eigenvalue weighted by atomic mass is 35.5. The van der Waals surface area contributed by atoms with Crippen LogP contribution in [0.4, 0.5) is 4.39 Å². The van der Waals surface area contributed by atoms with E-state index in [1.807, 2.05) is 0 Å². The molecule has 0 aliphatic carbocycles. The standard InChI is InChI=1S/C21H34FNO.ClH/c1-2-3-4-5-6-7-8-9-10-11-17-23-18-16-21(24)19-12-14-20(22)15-13-19;/h12-15,23H,2-11,16-18H2,1H3;1H. The number of rotatable bonds is 15. The van der Waals surface area contributed by atoms with Gasteiger partial charge in [0.25, 0.3) is 0 Å². The Morgan fingerprint density at radius 2 is 1.36 bits per heavy atom. The molecule has 1 rings (SSSR count). The van der Waals surface area contributed by atoms with Gasteiger partial charge in [-0.2, -0.15) is 0 Å². The monoisotopic (exact) mass is 371 g/mol. The van der Waals surface area contributed by atoms with Crippen molar-refractivity contribution >= 4 is 18.2 Å². The zero-order valence-corrected chi connectivity index (χ0v) is 16.5. The molecule has 0 amide bonds. The Kier molecular flexibility index (Phi) is 15.9. The molecule has 1 aromatic rings. The number of halogens is 2. The Labute approximate surface area is 159 Å². The molecule has 0 aromatic heterocycles. The number of hydrogen-bond donors (Lipinski definition) is 1. The van der Waals surface area contributed by atoms with Gasteiger partial charge in [0.2, 0.25) is 0 Å². The molecule has 0 aliphatic rings. The molecule has 0 atom stereocenters. The van der Waals surface area contributed by atoms with Gasteiger partial charge in [0.05, 0.1) is 0 Å². The van der Waals surface area contributed by atoms with Crippen molar-refractivity contribution in [3.63, 3.8) is 0 Å². The van der Waals surface area contributed by atoms with E-state index in [0.717, 1.165) is 6.54 Å². The van der Waals surface area contributed by atoms with Crippen LogP contribution in [0.25, 0.3) is 0 Å². The third-order valence-electron chi connectivity index (χ3n) is 4.40. The van der Waals surface area contributed by atoms with E-state index in [1.165, 1.54) is 76.3 Å². The van der Waals surface area contributed by atoms with Gasteiger partial charge in [0.15, 0.2) is 5.78 Å². The zero-order chi connectivity index (χ0) is 17.5. The van der Waals surface area contributed by atoms with E-state index in [0.29, 0.717) is 18.5 Å². The Bertz CT molecular complexity index is 436. The van der Waals surface area contributed by atoms with E-state index in [2.05, 4.69) is 12.2 Å². The van der Waals surface area contributed by atoms with Crippen LogP contribution < -0.4 is 5.32 Å². The summed E-state index contributed by atoms with van der Waals surface area (Å²) in [4.78, 5) is 11.9. The first-order valence-electron chi connectivity index (χ1n) is 9.73. The molecule has 0 fully saturated rings. The predicted octanol–water partition coefficient (Wildman–Crippen LogP) is 6.33. The third-order valence-corrected chi connectivity index (χ3v) is 4.40. The van der Waals surface area contributed by atoms with Gasteiger partial charge in [0, 0.05) is 18.5 Å². The summed E-state index contributed by atoms with van der Waals surface area (Å²) in [7, 11) is 0. The Balaban J connectivity index is 0.00000576. The molecule has 0 saturated carbocycles. The minimum Gasteiger partial charge on any atom is -0.316 e. The van der Waals surface area contributed by atoms with Crippen LogP contribution >= 0.6 is 12.4 Å².